The number of morpholine rings is 1. The summed E-state index contributed by atoms with van der Waals surface area (Å²) in [5, 5.41) is 4.34. The summed E-state index contributed by atoms with van der Waals surface area (Å²) in [5.74, 6) is 0.782. The molecule has 1 saturated heterocycles. The van der Waals surface area contributed by atoms with Gasteiger partial charge in [0.1, 0.15) is 0 Å². The fourth-order valence-electron chi connectivity index (χ4n) is 2.53. The number of hydrogen-bond acceptors (Lipinski definition) is 2. The Morgan fingerprint density at radius 3 is 2.59 bits per heavy atom. The maximum Gasteiger partial charge on any atom is 0.0979 e. The first-order valence-corrected chi connectivity index (χ1v) is 6.76. The Hall–Kier alpha value is -0.570. The predicted octanol–water partition coefficient (Wildman–Crippen LogP) is 3.17. The Morgan fingerprint density at radius 1 is 1.24 bits per heavy atom. The SMILES string of the molecule is CC1NCC(C2CC2)OC1c1ccc(Cl)cc1. The summed E-state index contributed by atoms with van der Waals surface area (Å²) in [4.78, 5) is 0. The Balaban J connectivity index is 1.76. The van der Waals surface area contributed by atoms with Gasteiger partial charge in [0.2, 0.25) is 0 Å². The summed E-state index contributed by atoms with van der Waals surface area (Å²) in [5.41, 5.74) is 1.22. The lowest BCUT2D eigenvalue weighted by molar-refractivity contribution is -0.0707. The molecule has 1 aromatic carbocycles. The van der Waals surface area contributed by atoms with Crippen LogP contribution in [0.2, 0.25) is 5.02 Å². The second-order valence-electron chi connectivity index (χ2n) is 5.18. The van der Waals surface area contributed by atoms with Gasteiger partial charge in [0.05, 0.1) is 12.2 Å². The molecule has 2 nitrogen and oxygen atoms in total. The molecule has 0 bridgehead atoms. The van der Waals surface area contributed by atoms with Gasteiger partial charge >= 0.3 is 0 Å². The molecule has 0 aromatic heterocycles. The van der Waals surface area contributed by atoms with Crippen LogP contribution in [-0.4, -0.2) is 18.7 Å². The van der Waals surface area contributed by atoms with Gasteiger partial charge in [-0.2, -0.15) is 0 Å². The maximum atomic E-state index is 6.24. The molecule has 1 N–H and O–H groups in total. The minimum absolute atomic E-state index is 0.159. The van der Waals surface area contributed by atoms with Crippen molar-refractivity contribution in [3.63, 3.8) is 0 Å². The highest BCUT2D eigenvalue weighted by molar-refractivity contribution is 6.30. The van der Waals surface area contributed by atoms with Crippen molar-refractivity contribution in [2.45, 2.75) is 38.0 Å². The molecular weight excluding hydrogens is 234 g/mol. The van der Waals surface area contributed by atoms with E-state index in [1.165, 1.54) is 18.4 Å². The Kier molecular flexibility index (Phi) is 3.12. The molecule has 0 amide bonds. The van der Waals surface area contributed by atoms with Gasteiger partial charge in [-0.15, -0.1) is 0 Å². The minimum Gasteiger partial charge on any atom is -0.367 e. The van der Waals surface area contributed by atoms with E-state index in [9.17, 15) is 0 Å². The van der Waals surface area contributed by atoms with Crippen LogP contribution >= 0.6 is 11.6 Å². The van der Waals surface area contributed by atoms with Crippen LogP contribution in [-0.2, 0) is 4.74 Å². The number of halogens is 1. The van der Waals surface area contributed by atoms with Crippen molar-refractivity contribution in [1.29, 1.82) is 0 Å². The zero-order valence-corrected chi connectivity index (χ0v) is 10.8. The highest BCUT2D eigenvalue weighted by Gasteiger charge is 2.38. The van der Waals surface area contributed by atoms with Crippen LogP contribution in [0.1, 0.15) is 31.4 Å². The van der Waals surface area contributed by atoms with Gasteiger partial charge in [0.25, 0.3) is 0 Å². The first-order chi connectivity index (χ1) is 8.24. The van der Waals surface area contributed by atoms with Crippen molar-refractivity contribution < 1.29 is 4.74 Å². The lowest BCUT2D eigenvalue weighted by atomic mass is 10.00. The van der Waals surface area contributed by atoms with E-state index in [1.54, 1.807) is 0 Å². The van der Waals surface area contributed by atoms with E-state index in [0.29, 0.717) is 12.1 Å². The van der Waals surface area contributed by atoms with E-state index < -0.39 is 0 Å². The Bertz CT molecular complexity index is 388. The third kappa shape index (κ3) is 2.49. The van der Waals surface area contributed by atoms with E-state index >= 15 is 0 Å². The van der Waals surface area contributed by atoms with Crippen molar-refractivity contribution in [2.24, 2.45) is 5.92 Å². The first kappa shape index (κ1) is 11.5. The number of ether oxygens (including phenoxy) is 1. The minimum atomic E-state index is 0.159. The number of hydrogen-bond donors (Lipinski definition) is 1. The second kappa shape index (κ2) is 4.60. The Labute approximate surface area is 107 Å². The first-order valence-electron chi connectivity index (χ1n) is 6.38. The third-order valence-electron chi connectivity index (χ3n) is 3.76. The number of benzene rings is 1. The van der Waals surface area contributed by atoms with Crippen LogP contribution in [0.15, 0.2) is 24.3 Å². The molecule has 92 valence electrons. The zero-order chi connectivity index (χ0) is 11.8. The molecule has 1 aromatic rings. The van der Waals surface area contributed by atoms with Crippen molar-refractivity contribution in [1.82, 2.24) is 5.32 Å². The fraction of sp³-hybridized carbons (Fsp3) is 0.571. The molecule has 1 heterocycles. The largest absolute Gasteiger partial charge is 0.367 e. The molecule has 2 aliphatic rings. The van der Waals surface area contributed by atoms with Crippen molar-refractivity contribution in [3.8, 4) is 0 Å². The van der Waals surface area contributed by atoms with Crippen LogP contribution in [0.4, 0.5) is 0 Å². The molecule has 0 radical (unpaired) electrons. The van der Waals surface area contributed by atoms with Crippen LogP contribution in [0.3, 0.4) is 0 Å². The topological polar surface area (TPSA) is 21.3 Å². The average Bonchev–Trinajstić information content (AvgIpc) is 3.15. The molecule has 2 fully saturated rings. The monoisotopic (exact) mass is 251 g/mol. The summed E-state index contributed by atoms with van der Waals surface area (Å²) < 4.78 is 6.24. The standard InChI is InChI=1S/C14H18ClNO/c1-9-14(11-4-6-12(15)7-5-11)17-13(8-16-9)10-2-3-10/h4-7,9-10,13-14,16H,2-3,8H2,1H3. The van der Waals surface area contributed by atoms with Gasteiger partial charge in [-0.05, 0) is 43.4 Å². The van der Waals surface area contributed by atoms with Crippen molar-refractivity contribution in [3.05, 3.63) is 34.9 Å². The van der Waals surface area contributed by atoms with Gasteiger partial charge in [-0.25, -0.2) is 0 Å². The number of nitrogens with one attached hydrogen (secondary N) is 1. The van der Waals surface area contributed by atoms with E-state index in [0.717, 1.165) is 17.5 Å². The number of rotatable bonds is 2. The van der Waals surface area contributed by atoms with Crippen LogP contribution in [0.25, 0.3) is 0 Å². The van der Waals surface area contributed by atoms with Crippen molar-refractivity contribution in [2.75, 3.05) is 6.54 Å². The summed E-state index contributed by atoms with van der Waals surface area (Å²) in [6.45, 7) is 3.18. The summed E-state index contributed by atoms with van der Waals surface area (Å²) in [7, 11) is 0. The molecule has 1 aliphatic heterocycles. The van der Waals surface area contributed by atoms with E-state index in [2.05, 4.69) is 24.4 Å². The van der Waals surface area contributed by atoms with Gasteiger partial charge in [-0.3, -0.25) is 0 Å². The van der Waals surface area contributed by atoms with E-state index in [-0.39, 0.29) is 6.10 Å². The maximum absolute atomic E-state index is 6.24. The summed E-state index contributed by atoms with van der Waals surface area (Å²) in [6.07, 6.45) is 3.21. The van der Waals surface area contributed by atoms with Crippen LogP contribution in [0.5, 0.6) is 0 Å². The molecule has 0 spiro atoms. The van der Waals surface area contributed by atoms with Gasteiger partial charge in [0.15, 0.2) is 0 Å². The van der Waals surface area contributed by atoms with Crippen LogP contribution < -0.4 is 5.32 Å². The lowest BCUT2D eigenvalue weighted by Gasteiger charge is -2.36. The predicted molar refractivity (Wildman–Crippen MR) is 69.3 cm³/mol. The molecular formula is C14H18ClNO. The Morgan fingerprint density at radius 2 is 1.94 bits per heavy atom. The average molecular weight is 252 g/mol. The third-order valence-corrected chi connectivity index (χ3v) is 4.01. The van der Waals surface area contributed by atoms with Gasteiger partial charge in [0, 0.05) is 17.6 Å². The second-order valence-corrected chi connectivity index (χ2v) is 5.62. The lowest BCUT2D eigenvalue weighted by Crippen LogP contribution is -2.47. The van der Waals surface area contributed by atoms with Gasteiger partial charge < -0.3 is 10.1 Å². The summed E-state index contributed by atoms with van der Waals surface area (Å²) in [6, 6.07) is 8.38. The summed E-state index contributed by atoms with van der Waals surface area (Å²) >= 11 is 5.92. The van der Waals surface area contributed by atoms with Gasteiger partial charge in [-0.1, -0.05) is 23.7 Å². The van der Waals surface area contributed by atoms with Crippen molar-refractivity contribution >= 4 is 11.6 Å². The highest BCUT2D eigenvalue weighted by Crippen LogP contribution is 2.39. The molecule has 3 heteroatoms. The molecule has 1 saturated carbocycles. The highest BCUT2D eigenvalue weighted by atomic mass is 35.5. The van der Waals surface area contributed by atoms with E-state index in [1.807, 2.05) is 12.1 Å². The molecule has 3 rings (SSSR count). The fourth-order valence-corrected chi connectivity index (χ4v) is 2.65. The smallest absolute Gasteiger partial charge is 0.0979 e. The normalized spacial score (nSPS) is 33.6. The van der Waals surface area contributed by atoms with Crippen LogP contribution in [0, 0.1) is 5.92 Å². The molecule has 17 heavy (non-hydrogen) atoms. The van der Waals surface area contributed by atoms with E-state index in [4.69, 9.17) is 16.3 Å². The molecule has 1 aliphatic carbocycles. The molecule has 3 atom stereocenters. The molecule has 3 unspecified atom stereocenters. The quantitative estimate of drug-likeness (QED) is 0.872. The zero-order valence-electron chi connectivity index (χ0n) is 10.0.